The molecule has 0 fully saturated rings. The number of ether oxygens (including phenoxy) is 2. The van der Waals surface area contributed by atoms with E-state index in [1.54, 1.807) is 25.3 Å². The third-order valence-corrected chi connectivity index (χ3v) is 5.22. The maximum Gasteiger partial charge on any atom is 0.356 e. The molecule has 0 saturated heterocycles. The first-order valence-corrected chi connectivity index (χ1v) is 10.7. The quantitative estimate of drug-likeness (QED) is 0.470. The van der Waals surface area contributed by atoms with Gasteiger partial charge in [-0.05, 0) is 38.5 Å². The molecule has 9 nitrogen and oxygen atoms in total. The number of benzene rings is 1. The summed E-state index contributed by atoms with van der Waals surface area (Å²) in [6, 6.07) is 8.53. The van der Waals surface area contributed by atoms with Gasteiger partial charge in [0, 0.05) is 34.8 Å². The van der Waals surface area contributed by atoms with E-state index in [0.29, 0.717) is 17.3 Å². The summed E-state index contributed by atoms with van der Waals surface area (Å²) >= 11 is 0. The van der Waals surface area contributed by atoms with Crippen LogP contribution in [0, 0.1) is 30.0 Å². The normalized spacial score (nSPS) is 20.6. The molecule has 3 heterocycles. The molecule has 0 aliphatic carbocycles. The van der Waals surface area contributed by atoms with E-state index in [1.807, 2.05) is 19.9 Å². The predicted molar refractivity (Wildman–Crippen MR) is 125 cm³/mol. The van der Waals surface area contributed by atoms with Crippen molar-refractivity contribution in [2.75, 3.05) is 11.9 Å². The van der Waals surface area contributed by atoms with Crippen molar-refractivity contribution in [3.05, 3.63) is 65.1 Å². The fourth-order valence-corrected chi connectivity index (χ4v) is 3.59. The molecule has 3 N–H and O–H groups in total. The van der Waals surface area contributed by atoms with Crippen molar-refractivity contribution in [1.82, 2.24) is 15.2 Å². The largest absolute Gasteiger partial charge is 0.461 e. The van der Waals surface area contributed by atoms with E-state index in [4.69, 9.17) is 9.47 Å². The van der Waals surface area contributed by atoms with Crippen LogP contribution in [0.3, 0.4) is 0 Å². The van der Waals surface area contributed by atoms with Crippen LogP contribution >= 0.6 is 0 Å². The Morgan fingerprint density at radius 1 is 1.38 bits per heavy atom. The van der Waals surface area contributed by atoms with Gasteiger partial charge in [-0.1, -0.05) is 13.0 Å². The molecule has 174 valence electrons. The van der Waals surface area contributed by atoms with Gasteiger partial charge in [0.05, 0.1) is 6.61 Å². The number of anilines is 1. The van der Waals surface area contributed by atoms with Crippen LogP contribution < -0.4 is 10.1 Å². The lowest BCUT2D eigenvalue weighted by Gasteiger charge is -2.20. The average Bonchev–Trinajstić information content (AvgIpc) is 3.43. The number of amidine groups is 1. The van der Waals surface area contributed by atoms with Gasteiger partial charge in [0.15, 0.2) is 23.2 Å². The number of carbonyl (C=O) groups is 1. The molecule has 0 saturated carbocycles. The molecular weight excluding hydrogens is 439 g/mol. The summed E-state index contributed by atoms with van der Waals surface area (Å²) in [4.78, 5) is 19.3. The number of halogens is 1. The standard InChI is InChI=1S/C24H23FN6O3/c1-4-33-24(32)18-11-20(31-30-18)29-23-16(12-26)22(13(2)6-5-9-27-23)34-19-8-7-17-15(21(19)25)10-14(3)28-17/h5,7-11,13,28H,4,6H2,1-3H3,(H2,27,29,30,31)/b9-5+,22-16+. The first kappa shape index (κ1) is 22.8. The first-order chi connectivity index (χ1) is 16.4. The van der Waals surface area contributed by atoms with Gasteiger partial charge in [0.25, 0.3) is 0 Å². The number of aryl methyl sites for hydroxylation is 1. The van der Waals surface area contributed by atoms with Crippen molar-refractivity contribution >= 4 is 28.5 Å². The lowest BCUT2D eigenvalue weighted by Crippen LogP contribution is -2.21. The van der Waals surface area contributed by atoms with Crippen LogP contribution in [0.4, 0.5) is 10.2 Å². The Hall–Kier alpha value is -4.39. The lowest BCUT2D eigenvalue weighted by molar-refractivity contribution is 0.0519. The van der Waals surface area contributed by atoms with Crippen molar-refractivity contribution in [3.63, 3.8) is 0 Å². The third kappa shape index (κ3) is 4.54. The van der Waals surface area contributed by atoms with Crippen LogP contribution in [0.2, 0.25) is 0 Å². The number of nitrogens with zero attached hydrogens (tertiary/aromatic N) is 3. The Kier molecular flexibility index (Phi) is 6.45. The van der Waals surface area contributed by atoms with E-state index >= 15 is 4.39 Å². The lowest BCUT2D eigenvalue weighted by atomic mass is 9.99. The molecule has 10 heteroatoms. The summed E-state index contributed by atoms with van der Waals surface area (Å²) in [5.74, 6) is -0.627. The molecule has 1 atom stereocenters. The van der Waals surface area contributed by atoms with Gasteiger partial charge in [0.1, 0.15) is 23.1 Å². The third-order valence-electron chi connectivity index (χ3n) is 5.22. The monoisotopic (exact) mass is 462 g/mol. The number of hydrogen-bond donors (Lipinski definition) is 3. The highest BCUT2D eigenvalue weighted by atomic mass is 19.1. The summed E-state index contributed by atoms with van der Waals surface area (Å²) < 4.78 is 26.2. The van der Waals surface area contributed by atoms with Crippen LogP contribution in [0.25, 0.3) is 10.9 Å². The van der Waals surface area contributed by atoms with Gasteiger partial charge >= 0.3 is 5.97 Å². The van der Waals surface area contributed by atoms with Crippen molar-refractivity contribution in [2.24, 2.45) is 10.9 Å². The van der Waals surface area contributed by atoms with Gasteiger partial charge in [-0.15, -0.1) is 0 Å². The number of nitrogens with one attached hydrogen (secondary N) is 3. The zero-order chi connectivity index (χ0) is 24.2. The summed E-state index contributed by atoms with van der Waals surface area (Å²) in [7, 11) is 0. The second-order valence-corrected chi connectivity index (χ2v) is 7.76. The molecule has 3 aromatic rings. The number of allylic oxidation sites excluding steroid dienone is 2. The molecule has 34 heavy (non-hydrogen) atoms. The number of nitriles is 1. The van der Waals surface area contributed by atoms with E-state index in [-0.39, 0.29) is 47.0 Å². The van der Waals surface area contributed by atoms with E-state index in [9.17, 15) is 10.1 Å². The van der Waals surface area contributed by atoms with Crippen LogP contribution in [-0.4, -0.2) is 33.6 Å². The molecular formula is C24H23FN6O3. The minimum absolute atomic E-state index is 0.00868. The van der Waals surface area contributed by atoms with Gasteiger partial charge in [-0.25, -0.2) is 14.2 Å². The number of hydrogen-bond acceptors (Lipinski definition) is 7. The van der Waals surface area contributed by atoms with E-state index in [2.05, 4.69) is 31.6 Å². The number of fused-ring (bicyclic) bond motifs is 1. The highest BCUT2D eigenvalue weighted by molar-refractivity contribution is 6.11. The van der Waals surface area contributed by atoms with E-state index in [1.165, 1.54) is 12.1 Å². The summed E-state index contributed by atoms with van der Waals surface area (Å²) in [6.45, 7) is 5.65. The second kappa shape index (κ2) is 9.62. The second-order valence-electron chi connectivity index (χ2n) is 7.76. The Labute approximate surface area is 195 Å². The summed E-state index contributed by atoms with van der Waals surface area (Å²) in [6.07, 6.45) is 3.94. The van der Waals surface area contributed by atoms with Crippen molar-refractivity contribution in [2.45, 2.75) is 27.2 Å². The van der Waals surface area contributed by atoms with Gasteiger partial charge in [-0.2, -0.15) is 10.4 Å². The van der Waals surface area contributed by atoms with Crippen LogP contribution in [0.15, 0.2) is 52.9 Å². The number of aliphatic imine (C=N–C) groups is 1. The average molecular weight is 462 g/mol. The number of aromatic nitrogens is 3. The number of aromatic amines is 2. The maximum absolute atomic E-state index is 15.2. The molecule has 2 aromatic heterocycles. The topological polar surface area (TPSA) is 128 Å². The molecule has 0 bridgehead atoms. The summed E-state index contributed by atoms with van der Waals surface area (Å²) in [5.41, 5.74) is 1.73. The smallest absolute Gasteiger partial charge is 0.356 e. The first-order valence-electron chi connectivity index (χ1n) is 10.7. The van der Waals surface area contributed by atoms with E-state index < -0.39 is 11.8 Å². The Bertz CT molecular complexity index is 1370. The maximum atomic E-state index is 15.2. The predicted octanol–water partition coefficient (Wildman–Crippen LogP) is 4.74. The molecule has 1 unspecified atom stereocenters. The molecule has 1 aliphatic heterocycles. The molecule has 1 aliphatic rings. The fraction of sp³-hybridized carbons (Fsp3) is 0.250. The number of esters is 1. The van der Waals surface area contributed by atoms with Crippen molar-refractivity contribution in [3.8, 4) is 11.8 Å². The fourth-order valence-electron chi connectivity index (χ4n) is 3.59. The summed E-state index contributed by atoms with van der Waals surface area (Å²) in [5, 5.41) is 20.0. The highest BCUT2D eigenvalue weighted by Crippen LogP contribution is 2.32. The van der Waals surface area contributed by atoms with Gasteiger partial charge in [0.2, 0.25) is 0 Å². The van der Waals surface area contributed by atoms with Crippen molar-refractivity contribution in [1.29, 1.82) is 5.26 Å². The van der Waals surface area contributed by atoms with E-state index in [0.717, 1.165) is 5.69 Å². The molecule has 0 radical (unpaired) electrons. The highest BCUT2D eigenvalue weighted by Gasteiger charge is 2.24. The Morgan fingerprint density at radius 2 is 2.21 bits per heavy atom. The Morgan fingerprint density at radius 3 is 2.97 bits per heavy atom. The van der Waals surface area contributed by atoms with Crippen LogP contribution in [0.1, 0.15) is 36.5 Å². The number of rotatable bonds is 5. The zero-order valence-corrected chi connectivity index (χ0v) is 18.9. The molecule has 1 aromatic carbocycles. The number of carbonyl (C=O) groups excluding carboxylic acids is 1. The van der Waals surface area contributed by atoms with Gasteiger partial charge < -0.3 is 19.8 Å². The van der Waals surface area contributed by atoms with Crippen LogP contribution in [-0.2, 0) is 4.74 Å². The van der Waals surface area contributed by atoms with Gasteiger partial charge in [-0.3, -0.25) is 5.10 Å². The Balaban J connectivity index is 1.70. The minimum atomic E-state index is -0.554. The number of H-pyrrole nitrogens is 2. The SMILES string of the molecule is CCOC(=O)c1cc(NC2=N/C=C/CC(C)/C(Oc3ccc4[nH]c(C)cc4c3F)=C\2C#N)n[nH]1. The molecule has 4 rings (SSSR count). The van der Waals surface area contributed by atoms with Crippen LogP contribution in [0.5, 0.6) is 5.75 Å². The molecule has 0 spiro atoms. The zero-order valence-electron chi connectivity index (χ0n) is 18.9. The minimum Gasteiger partial charge on any atom is -0.461 e. The van der Waals surface area contributed by atoms with Crippen molar-refractivity contribution < 1.29 is 18.7 Å². The molecule has 0 amide bonds.